The summed E-state index contributed by atoms with van der Waals surface area (Å²) in [4.78, 5) is 41.0. The van der Waals surface area contributed by atoms with E-state index in [1.54, 1.807) is 30.3 Å². The lowest BCUT2D eigenvalue weighted by molar-refractivity contribution is -0.147. The van der Waals surface area contributed by atoms with Crippen molar-refractivity contribution in [2.24, 2.45) is 0 Å². The van der Waals surface area contributed by atoms with E-state index in [2.05, 4.69) is 10.3 Å². The molecule has 7 heteroatoms. The predicted octanol–water partition coefficient (Wildman–Crippen LogP) is 4.57. The number of carbonyl (C=O) groups excluding carboxylic acids is 2. The molecule has 1 heterocycles. The van der Waals surface area contributed by atoms with Gasteiger partial charge in [0.05, 0.1) is 0 Å². The predicted molar refractivity (Wildman–Crippen MR) is 132 cm³/mol. The SMILES string of the molecule is Cc1ccccc1COC(=O)C(Cc1cc(=O)[nH]c2ccccc12)NC(=O)c1ccc(Cl)cc1. The standard InChI is InChI=1S/C27H23ClN2O4/c1-17-6-2-3-7-19(17)16-34-27(33)24(30-26(32)18-10-12-21(28)13-11-18)14-20-15-25(31)29-23-9-5-4-8-22(20)23/h2-13,15,24H,14,16H2,1H3,(H,29,31)(H,30,32). The molecule has 0 spiro atoms. The van der Waals surface area contributed by atoms with Crippen LogP contribution in [-0.2, 0) is 22.6 Å². The third-order valence-corrected chi connectivity index (χ3v) is 5.84. The largest absolute Gasteiger partial charge is 0.459 e. The molecule has 0 fully saturated rings. The van der Waals surface area contributed by atoms with Crippen molar-refractivity contribution in [2.45, 2.75) is 26.0 Å². The molecule has 4 aromatic rings. The Labute approximate surface area is 201 Å². The lowest BCUT2D eigenvalue weighted by Gasteiger charge is -2.19. The van der Waals surface area contributed by atoms with Crippen LogP contribution in [0.15, 0.2) is 83.7 Å². The number of aromatic amines is 1. The molecule has 1 unspecified atom stereocenters. The molecule has 0 radical (unpaired) electrons. The summed E-state index contributed by atoms with van der Waals surface area (Å²) in [6.07, 6.45) is 0.0936. The summed E-state index contributed by atoms with van der Waals surface area (Å²) in [6, 6.07) is 21.7. The highest BCUT2D eigenvalue weighted by molar-refractivity contribution is 6.30. The first-order valence-corrected chi connectivity index (χ1v) is 11.2. The number of H-pyrrole nitrogens is 1. The Kier molecular flexibility index (Phi) is 7.09. The van der Waals surface area contributed by atoms with Crippen LogP contribution in [0.2, 0.25) is 5.02 Å². The Morgan fingerprint density at radius 3 is 2.44 bits per heavy atom. The maximum Gasteiger partial charge on any atom is 0.329 e. The fourth-order valence-electron chi connectivity index (χ4n) is 3.72. The molecule has 0 saturated carbocycles. The summed E-state index contributed by atoms with van der Waals surface area (Å²) in [5.74, 6) is -1.03. The summed E-state index contributed by atoms with van der Waals surface area (Å²) in [6.45, 7) is 2.01. The molecule has 1 amide bonds. The Balaban J connectivity index is 1.61. The van der Waals surface area contributed by atoms with Gasteiger partial charge >= 0.3 is 5.97 Å². The van der Waals surface area contributed by atoms with E-state index in [1.165, 1.54) is 6.07 Å². The second-order valence-electron chi connectivity index (χ2n) is 7.98. The van der Waals surface area contributed by atoms with Crippen LogP contribution >= 0.6 is 11.6 Å². The molecule has 6 nitrogen and oxygen atoms in total. The Bertz CT molecular complexity index is 1400. The number of para-hydroxylation sites is 1. The normalized spacial score (nSPS) is 11.7. The maximum atomic E-state index is 13.1. The number of benzene rings is 3. The fraction of sp³-hybridized carbons (Fsp3) is 0.148. The van der Waals surface area contributed by atoms with Crippen LogP contribution in [0, 0.1) is 6.92 Å². The minimum Gasteiger partial charge on any atom is -0.459 e. The number of aryl methyl sites for hydroxylation is 1. The van der Waals surface area contributed by atoms with Crippen molar-refractivity contribution in [1.82, 2.24) is 10.3 Å². The number of aromatic nitrogens is 1. The first kappa shape index (κ1) is 23.3. The quantitative estimate of drug-likeness (QED) is 0.384. The zero-order valence-corrected chi connectivity index (χ0v) is 19.3. The average Bonchev–Trinajstić information content (AvgIpc) is 2.83. The number of hydrogen-bond donors (Lipinski definition) is 2. The molecule has 0 saturated heterocycles. The third-order valence-electron chi connectivity index (χ3n) is 5.59. The van der Waals surface area contributed by atoms with E-state index in [9.17, 15) is 14.4 Å². The van der Waals surface area contributed by atoms with E-state index < -0.39 is 17.9 Å². The van der Waals surface area contributed by atoms with Crippen molar-refractivity contribution in [3.8, 4) is 0 Å². The van der Waals surface area contributed by atoms with Gasteiger partial charge in [0, 0.05) is 34.0 Å². The van der Waals surface area contributed by atoms with Gasteiger partial charge in [-0.3, -0.25) is 9.59 Å². The van der Waals surface area contributed by atoms with Gasteiger partial charge in [-0.1, -0.05) is 54.1 Å². The second-order valence-corrected chi connectivity index (χ2v) is 8.41. The molecule has 0 aliphatic heterocycles. The minimum atomic E-state index is -1.00. The zero-order valence-electron chi connectivity index (χ0n) is 18.5. The summed E-state index contributed by atoms with van der Waals surface area (Å²) in [7, 11) is 0. The second kappa shape index (κ2) is 10.4. The van der Waals surface area contributed by atoms with Gasteiger partial charge in [-0.05, 0) is 53.9 Å². The van der Waals surface area contributed by atoms with Crippen molar-refractivity contribution in [3.05, 3.63) is 116 Å². The lowest BCUT2D eigenvalue weighted by Crippen LogP contribution is -2.43. The number of fused-ring (bicyclic) bond motifs is 1. The molecule has 172 valence electrons. The Morgan fingerprint density at radius 1 is 0.971 bits per heavy atom. The molecule has 1 aromatic heterocycles. The van der Waals surface area contributed by atoms with Gasteiger partial charge in [0.25, 0.3) is 5.91 Å². The first-order valence-electron chi connectivity index (χ1n) is 10.8. The van der Waals surface area contributed by atoms with Gasteiger partial charge in [0.1, 0.15) is 12.6 Å². The van der Waals surface area contributed by atoms with Gasteiger partial charge in [-0.15, -0.1) is 0 Å². The molecule has 4 rings (SSSR count). The Morgan fingerprint density at radius 2 is 1.68 bits per heavy atom. The lowest BCUT2D eigenvalue weighted by atomic mass is 10.0. The highest BCUT2D eigenvalue weighted by Gasteiger charge is 2.25. The van der Waals surface area contributed by atoms with E-state index in [1.807, 2.05) is 49.4 Å². The summed E-state index contributed by atoms with van der Waals surface area (Å²) >= 11 is 5.92. The monoisotopic (exact) mass is 474 g/mol. The number of esters is 1. The van der Waals surface area contributed by atoms with Crippen molar-refractivity contribution in [2.75, 3.05) is 0 Å². The molecular formula is C27H23ClN2O4. The molecule has 0 aliphatic rings. The average molecular weight is 475 g/mol. The molecule has 2 N–H and O–H groups in total. The molecule has 1 atom stereocenters. The van der Waals surface area contributed by atoms with Crippen molar-refractivity contribution < 1.29 is 14.3 Å². The van der Waals surface area contributed by atoms with Gasteiger partial charge in [-0.25, -0.2) is 4.79 Å². The molecule has 0 bridgehead atoms. The van der Waals surface area contributed by atoms with Crippen molar-refractivity contribution in [1.29, 1.82) is 0 Å². The fourth-order valence-corrected chi connectivity index (χ4v) is 3.85. The van der Waals surface area contributed by atoms with Gasteiger partial charge in [0.15, 0.2) is 0 Å². The van der Waals surface area contributed by atoms with Crippen molar-refractivity contribution >= 4 is 34.4 Å². The Hall–Kier alpha value is -3.90. The zero-order chi connectivity index (χ0) is 24.1. The van der Waals surface area contributed by atoms with Gasteiger partial charge in [0.2, 0.25) is 5.56 Å². The minimum absolute atomic E-state index is 0.0783. The van der Waals surface area contributed by atoms with E-state index >= 15 is 0 Å². The van der Waals surface area contributed by atoms with Crippen LogP contribution in [0.4, 0.5) is 0 Å². The number of ether oxygens (including phenoxy) is 1. The number of rotatable bonds is 7. The first-order chi connectivity index (χ1) is 16.4. The summed E-state index contributed by atoms with van der Waals surface area (Å²) in [5, 5.41) is 4.06. The number of hydrogen-bond acceptors (Lipinski definition) is 4. The number of nitrogens with one attached hydrogen (secondary N) is 2. The number of carbonyl (C=O) groups is 2. The molecule has 0 aliphatic carbocycles. The molecular weight excluding hydrogens is 452 g/mol. The highest BCUT2D eigenvalue weighted by atomic mass is 35.5. The number of pyridine rings is 1. The van der Waals surface area contributed by atoms with Gasteiger partial charge < -0.3 is 15.0 Å². The van der Waals surface area contributed by atoms with Gasteiger partial charge in [-0.2, -0.15) is 0 Å². The maximum absolute atomic E-state index is 13.1. The highest BCUT2D eigenvalue weighted by Crippen LogP contribution is 2.18. The van der Waals surface area contributed by atoms with Crippen LogP contribution in [0.3, 0.4) is 0 Å². The van der Waals surface area contributed by atoms with Crippen LogP contribution in [0.1, 0.15) is 27.0 Å². The van der Waals surface area contributed by atoms with Crippen molar-refractivity contribution in [3.63, 3.8) is 0 Å². The van der Waals surface area contributed by atoms with Crippen LogP contribution in [0.5, 0.6) is 0 Å². The van der Waals surface area contributed by atoms with E-state index in [4.69, 9.17) is 16.3 Å². The van der Waals surface area contributed by atoms with E-state index in [-0.39, 0.29) is 18.6 Å². The molecule has 34 heavy (non-hydrogen) atoms. The van der Waals surface area contributed by atoms with E-state index in [0.29, 0.717) is 21.7 Å². The summed E-state index contributed by atoms with van der Waals surface area (Å²) < 4.78 is 5.58. The number of halogens is 1. The van der Waals surface area contributed by atoms with E-state index in [0.717, 1.165) is 16.5 Å². The topological polar surface area (TPSA) is 88.3 Å². The number of amides is 1. The van der Waals surface area contributed by atoms with Crippen LogP contribution in [-0.4, -0.2) is 22.9 Å². The smallest absolute Gasteiger partial charge is 0.329 e. The molecule has 3 aromatic carbocycles. The van der Waals surface area contributed by atoms with Crippen LogP contribution < -0.4 is 10.9 Å². The third kappa shape index (κ3) is 5.53. The van der Waals surface area contributed by atoms with Crippen LogP contribution in [0.25, 0.3) is 10.9 Å². The summed E-state index contributed by atoms with van der Waals surface area (Å²) in [5.41, 5.74) is 3.23.